The molecular weight excluding hydrogens is 366 g/mol. The van der Waals surface area contributed by atoms with Crippen molar-refractivity contribution in [2.24, 2.45) is 0 Å². The van der Waals surface area contributed by atoms with Gasteiger partial charge in [-0.2, -0.15) is 0 Å². The SMILES string of the molecule is Cc1ccc(-c2nnc(CCC(=O)NC3CCOc4c(C)cc(C)cc43)o2)cc1. The molecule has 0 radical (unpaired) electrons. The van der Waals surface area contributed by atoms with E-state index in [1.165, 1.54) is 11.1 Å². The van der Waals surface area contributed by atoms with E-state index in [1.54, 1.807) is 0 Å². The second kappa shape index (κ2) is 8.07. The fraction of sp³-hybridized carbons (Fsp3) is 0.348. The van der Waals surface area contributed by atoms with Crippen LogP contribution in [0.5, 0.6) is 5.75 Å². The number of benzene rings is 2. The summed E-state index contributed by atoms with van der Waals surface area (Å²) in [5.41, 5.74) is 5.38. The number of aromatic nitrogens is 2. The largest absolute Gasteiger partial charge is 0.493 e. The van der Waals surface area contributed by atoms with Gasteiger partial charge in [0.2, 0.25) is 17.7 Å². The summed E-state index contributed by atoms with van der Waals surface area (Å²) in [7, 11) is 0. The molecule has 2 heterocycles. The second-order valence-electron chi connectivity index (χ2n) is 7.62. The van der Waals surface area contributed by atoms with Crippen molar-refractivity contribution in [1.29, 1.82) is 0 Å². The van der Waals surface area contributed by atoms with E-state index in [0.717, 1.165) is 28.9 Å². The van der Waals surface area contributed by atoms with E-state index in [-0.39, 0.29) is 11.9 Å². The highest BCUT2D eigenvalue weighted by molar-refractivity contribution is 5.76. The van der Waals surface area contributed by atoms with Gasteiger partial charge >= 0.3 is 0 Å². The van der Waals surface area contributed by atoms with Crippen molar-refractivity contribution < 1.29 is 13.9 Å². The van der Waals surface area contributed by atoms with Gasteiger partial charge in [-0.1, -0.05) is 35.4 Å². The summed E-state index contributed by atoms with van der Waals surface area (Å²) < 4.78 is 11.5. The third-order valence-electron chi connectivity index (χ3n) is 5.14. The minimum atomic E-state index is -0.0318. The number of hydrogen-bond donors (Lipinski definition) is 1. The maximum atomic E-state index is 12.5. The van der Waals surface area contributed by atoms with Gasteiger partial charge in [0.15, 0.2) is 0 Å². The summed E-state index contributed by atoms with van der Waals surface area (Å²) in [4.78, 5) is 12.5. The Morgan fingerprint density at radius 1 is 1.10 bits per heavy atom. The van der Waals surface area contributed by atoms with E-state index in [0.29, 0.717) is 31.2 Å². The van der Waals surface area contributed by atoms with Crippen LogP contribution < -0.4 is 10.1 Å². The molecule has 0 aliphatic carbocycles. The molecule has 1 amide bonds. The van der Waals surface area contributed by atoms with Crippen molar-refractivity contribution in [3.8, 4) is 17.2 Å². The number of rotatable bonds is 5. The van der Waals surface area contributed by atoms with E-state index in [9.17, 15) is 4.79 Å². The Morgan fingerprint density at radius 3 is 2.69 bits per heavy atom. The van der Waals surface area contributed by atoms with Gasteiger partial charge in [0.1, 0.15) is 5.75 Å². The number of nitrogens with one attached hydrogen (secondary N) is 1. The van der Waals surface area contributed by atoms with Crippen LogP contribution in [0.2, 0.25) is 0 Å². The van der Waals surface area contributed by atoms with Gasteiger partial charge in [-0.05, 0) is 38.5 Å². The number of hydrogen-bond acceptors (Lipinski definition) is 5. The van der Waals surface area contributed by atoms with Crippen LogP contribution in [0, 0.1) is 20.8 Å². The van der Waals surface area contributed by atoms with Crippen LogP contribution in [0.4, 0.5) is 0 Å². The van der Waals surface area contributed by atoms with Gasteiger partial charge in [0, 0.05) is 30.4 Å². The van der Waals surface area contributed by atoms with Crippen molar-refractivity contribution in [2.75, 3.05) is 6.61 Å². The molecule has 29 heavy (non-hydrogen) atoms. The van der Waals surface area contributed by atoms with E-state index in [1.807, 2.05) is 38.1 Å². The lowest BCUT2D eigenvalue weighted by Crippen LogP contribution is -2.32. The Balaban J connectivity index is 1.38. The van der Waals surface area contributed by atoms with Crippen molar-refractivity contribution in [1.82, 2.24) is 15.5 Å². The molecule has 1 atom stereocenters. The highest BCUT2D eigenvalue weighted by Crippen LogP contribution is 2.35. The lowest BCUT2D eigenvalue weighted by molar-refractivity contribution is -0.122. The van der Waals surface area contributed by atoms with Gasteiger partial charge in [0.05, 0.1) is 12.6 Å². The molecule has 0 fully saturated rings. The van der Waals surface area contributed by atoms with Gasteiger partial charge < -0.3 is 14.5 Å². The molecule has 1 unspecified atom stereocenters. The average Bonchev–Trinajstić information content (AvgIpc) is 3.17. The molecule has 150 valence electrons. The predicted octanol–water partition coefficient (Wildman–Crippen LogP) is 4.23. The number of amides is 1. The number of nitrogens with zero attached hydrogens (tertiary/aromatic N) is 2. The first-order chi connectivity index (χ1) is 14.0. The maximum absolute atomic E-state index is 12.5. The first-order valence-electron chi connectivity index (χ1n) is 9.92. The smallest absolute Gasteiger partial charge is 0.247 e. The highest BCUT2D eigenvalue weighted by Gasteiger charge is 2.24. The fourth-order valence-electron chi connectivity index (χ4n) is 3.68. The zero-order valence-corrected chi connectivity index (χ0v) is 17.0. The molecule has 3 aromatic rings. The Kier molecular flexibility index (Phi) is 5.34. The quantitative estimate of drug-likeness (QED) is 0.704. The zero-order chi connectivity index (χ0) is 20.4. The van der Waals surface area contributed by atoms with Gasteiger partial charge in [-0.25, -0.2) is 0 Å². The van der Waals surface area contributed by atoms with Crippen molar-refractivity contribution in [3.63, 3.8) is 0 Å². The topological polar surface area (TPSA) is 77.2 Å². The second-order valence-corrected chi connectivity index (χ2v) is 7.62. The van der Waals surface area contributed by atoms with Gasteiger partial charge in [-0.15, -0.1) is 10.2 Å². The van der Waals surface area contributed by atoms with Crippen molar-refractivity contribution >= 4 is 5.91 Å². The summed E-state index contributed by atoms with van der Waals surface area (Å²) in [5.74, 6) is 1.81. The Morgan fingerprint density at radius 2 is 1.90 bits per heavy atom. The number of carbonyl (C=O) groups is 1. The van der Waals surface area contributed by atoms with Gasteiger partial charge in [-0.3, -0.25) is 4.79 Å². The van der Waals surface area contributed by atoms with Crippen LogP contribution in [0.25, 0.3) is 11.5 Å². The number of ether oxygens (including phenoxy) is 1. The molecule has 4 rings (SSSR count). The number of aryl methyl sites for hydroxylation is 4. The summed E-state index contributed by atoms with van der Waals surface area (Å²) in [5, 5.41) is 11.3. The van der Waals surface area contributed by atoms with E-state index in [2.05, 4.69) is 34.6 Å². The normalized spacial score (nSPS) is 15.5. The Bertz CT molecular complexity index is 1020. The van der Waals surface area contributed by atoms with Crippen LogP contribution in [-0.4, -0.2) is 22.7 Å². The molecule has 1 N–H and O–H groups in total. The molecule has 1 aromatic heterocycles. The van der Waals surface area contributed by atoms with Crippen LogP contribution in [0.15, 0.2) is 40.8 Å². The maximum Gasteiger partial charge on any atom is 0.247 e. The first kappa shape index (κ1) is 19.2. The monoisotopic (exact) mass is 391 g/mol. The number of fused-ring (bicyclic) bond motifs is 1. The summed E-state index contributed by atoms with van der Waals surface area (Å²) >= 11 is 0. The predicted molar refractivity (Wildman–Crippen MR) is 110 cm³/mol. The minimum Gasteiger partial charge on any atom is -0.493 e. The molecule has 0 saturated heterocycles. The highest BCUT2D eigenvalue weighted by atomic mass is 16.5. The molecular formula is C23H25N3O3. The fourth-order valence-corrected chi connectivity index (χ4v) is 3.68. The molecule has 6 nitrogen and oxygen atoms in total. The zero-order valence-electron chi connectivity index (χ0n) is 17.0. The van der Waals surface area contributed by atoms with Crippen LogP contribution in [0.1, 0.15) is 47.0 Å². The third-order valence-corrected chi connectivity index (χ3v) is 5.14. The lowest BCUT2D eigenvalue weighted by atomic mass is 9.95. The number of carbonyl (C=O) groups excluding carboxylic acids is 1. The average molecular weight is 391 g/mol. The molecule has 6 heteroatoms. The molecule has 0 spiro atoms. The van der Waals surface area contributed by atoms with E-state index < -0.39 is 0 Å². The van der Waals surface area contributed by atoms with Crippen LogP contribution in [-0.2, 0) is 11.2 Å². The Labute approximate surface area is 170 Å². The third kappa shape index (κ3) is 4.31. The van der Waals surface area contributed by atoms with Crippen molar-refractivity contribution in [3.05, 3.63) is 64.5 Å². The van der Waals surface area contributed by atoms with Crippen LogP contribution in [0.3, 0.4) is 0 Å². The first-order valence-corrected chi connectivity index (χ1v) is 9.92. The van der Waals surface area contributed by atoms with E-state index >= 15 is 0 Å². The van der Waals surface area contributed by atoms with Crippen LogP contribution >= 0.6 is 0 Å². The summed E-state index contributed by atoms with van der Waals surface area (Å²) in [6.45, 7) is 6.73. The Hall–Kier alpha value is -3.15. The standard InChI is InChI=1S/C23H25N3O3/c1-14-4-6-17(7-5-14)23-26-25-21(29-23)9-8-20(27)24-19-10-11-28-22-16(3)12-15(2)13-18(19)22/h4-7,12-13,19H,8-11H2,1-3H3,(H,24,27). The summed E-state index contributed by atoms with van der Waals surface area (Å²) in [6, 6.07) is 12.1. The molecule has 2 aromatic carbocycles. The van der Waals surface area contributed by atoms with E-state index in [4.69, 9.17) is 9.15 Å². The molecule has 1 aliphatic rings. The van der Waals surface area contributed by atoms with Crippen molar-refractivity contribution in [2.45, 2.75) is 46.1 Å². The minimum absolute atomic E-state index is 0.0305. The van der Waals surface area contributed by atoms with Gasteiger partial charge in [0.25, 0.3) is 0 Å². The molecule has 0 bridgehead atoms. The molecule has 1 aliphatic heterocycles. The molecule has 0 saturated carbocycles. The summed E-state index contributed by atoms with van der Waals surface area (Å²) in [6.07, 6.45) is 1.47. The lowest BCUT2D eigenvalue weighted by Gasteiger charge is -2.28.